The minimum atomic E-state index is -0.596. The molecule has 2 atom stereocenters. The van der Waals surface area contributed by atoms with E-state index in [0.29, 0.717) is 5.56 Å². The molecule has 4 heteroatoms. The third-order valence-electron chi connectivity index (χ3n) is 2.73. The van der Waals surface area contributed by atoms with Gasteiger partial charge in [-0.3, -0.25) is 10.1 Å². The first-order valence-corrected chi connectivity index (χ1v) is 5.36. The van der Waals surface area contributed by atoms with Crippen molar-refractivity contribution in [3.8, 4) is 0 Å². The third kappa shape index (κ3) is 2.58. The van der Waals surface area contributed by atoms with Crippen LogP contribution in [0.25, 0.3) is 0 Å². The van der Waals surface area contributed by atoms with E-state index in [-0.39, 0.29) is 17.5 Å². The van der Waals surface area contributed by atoms with Gasteiger partial charge in [0.25, 0.3) is 5.69 Å². The Kier molecular flexibility index (Phi) is 4.01. The van der Waals surface area contributed by atoms with Crippen LogP contribution in [0.15, 0.2) is 24.3 Å². The van der Waals surface area contributed by atoms with Crippen LogP contribution in [0.3, 0.4) is 0 Å². The van der Waals surface area contributed by atoms with Crippen molar-refractivity contribution in [1.82, 2.24) is 0 Å². The maximum absolute atomic E-state index is 10.9. The molecule has 1 aromatic rings. The largest absolute Gasteiger partial charge is 0.393 e. The van der Waals surface area contributed by atoms with E-state index in [0.717, 1.165) is 0 Å². The quantitative estimate of drug-likeness (QED) is 0.630. The van der Waals surface area contributed by atoms with Gasteiger partial charge in [-0.25, -0.2) is 0 Å². The van der Waals surface area contributed by atoms with Gasteiger partial charge in [0.05, 0.1) is 11.0 Å². The number of nitro benzene ring substituents is 1. The van der Waals surface area contributed by atoms with Crippen molar-refractivity contribution in [3.05, 3.63) is 39.9 Å². The van der Waals surface area contributed by atoms with Crippen LogP contribution >= 0.6 is 0 Å². The maximum Gasteiger partial charge on any atom is 0.272 e. The molecule has 0 saturated carbocycles. The number of hydrogen-bond donors (Lipinski definition) is 1. The van der Waals surface area contributed by atoms with Gasteiger partial charge in [0.2, 0.25) is 0 Å². The zero-order chi connectivity index (χ0) is 12.3. The van der Waals surface area contributed by atoms with Crippen molar-refractivity contribution in [2.45, 2.75) is 32.8 Å². The number of aliphatic hydroxyl groups excluding tert-OH is 1. The average Bonchev–Trinajstić information content (AvgIpc) is 2.17. The highest BCUT2D eigenvalue weighted by molar-refractivity contribution is 5.43. The molecule has 1 rings (SSSR count). The van der Waals surface area contributed by atoms with E-state index in [1.807, 2.05) is 13.8 Å². The fourth-order valence-electron chi connectivity index (χ4n) is 2.11. The summed E-state index contributed by atoms with van der Waals surface area (Å²) in [6, 6.07) is 6.60. The molecule has 0 bridgehead atoms. The van der Waals surface area contributed by atoms with E-state index in [1.54, 1.807) is 25.1 Å². The summed E-state index contributed by atoms with van der Waals surface area (Å²) < 4.78 is 0. The smallest absolute Gasteiger partial charge is 0.272 e. The van der Waals surface area contributed by atoms with Crippen molar-refractivity contribution >= 4 is 5.69 Å². The van der Waals surface area contributed by atoms with E-state index < -0.39 is 11.0 Å². The Bertz CT molecular complexity index is 366. The Morgan fingerprint density at radius 1 is 1.25 bits per heavy atom. The van der Waals surface area contributed by atoms with Gasteiger partial charge >= 0.3 is 0 Å². The van der Waals surface area contributed by atoms with Gasteiger partial charge in [-0.2, -0.15) is 0 Å². The minimum absolute atomic E-state index is 0.0853. The molecule has 0 amide bonds. The molecule has 16 heavy (non-hydrogen) atoms. The summed E-state index contributed by atoms with van der Waals surface area (Å²) in [7, 11) is 0. The van der Waals surface area contributed by atoms with E-state index in [4.69, 9.17) is 0 Å². The predicted octanol–water partition coefficient (Wildman–Crippen LogP) is 2.72. The third-order valence-corrected chi connectivity index (χ3v) is 2.73. The van der Waals surface area contributed by atoms with Gasteiger partial charge in [0, 0.05) is 17.5 Å². The molecule has 4 nitrogen and oxygen atoms in total. The molecule has 0 fully saturated rings. The second-order valence-electron chi connectivity index (χ2n) is 4.33. The average molecular weight is 223 g/mol. The standard InChI is InChI=1S/C12H17NO3/c1-8(2)12(9(3)14)10-6-4-5-7-11(10)13(15)16/h4-9,12,14H,1-3H3. The highest BCUT2D eigenvalue weighted by Gasteiger charge is 2.27. The highest BCUT2D eigenvalue weighted by atomic mass is 16.6. The van der Waals surface area contributed by atoms with Crippen molar-refractivity contribution in [2.75, 3.05) is 0 Å². The highest BCUT2D eigenvalue weighted by Crippen LogP contribution is 2.33. The van der Waals surface area contributed by atoms with Crippen LogP contribution in [-0.4, -0.2) is 16.1 Å². The number of hydrogen-bond acceptors (Lipinski definition) is 3. The van der Waals surface area contributed by atoms with Crippen LogP contribution < -0.4 is 0 Å². The summed E-state index contributed by atoms with van der Waals surface area (Å²) in [6.45, 7) is 5.57. The number of nitro groups is 1. The van der Waals surface area contributed by atoms with Crippen LogP contribution in [0.2, 0.25) is 0 Å². The zero-order valence-electron chi connectivity index (χ0n) is 9.75. The van der Waals surface area contributed by atoms with Gasteiger partial charge < -0.3 is 5.11 Å². The summed E-state index contributed by atoms with van der Waals surface area (Å²) in [5.41, 5.74) is 0.694. The van der Waals surface area contributed by atoms with Crippen LogP contribution in [0, 0.1) is 16.0 Å². The molecule has 0 heterocycles. The first-order valence-electron chi connectivity index (χ1n) is 5.36. The first-order chi connectivity index (χ1) is 7.45. The molecule has 0 spiro atoms. The predicted molar refractivity (Wildman–Crippen MR) is 62.4 cm³/mol. The molecule has 2 unspecified atom stereocenters. The fourth-order valence-corrected chi connectivity index (χ4v) is 2.11. The van der Waals surface area contributed by atoms with Crippen LogP contribution in [-0.2, 0) is 0 Å². The molecular weight excluding hydrogens is 206 g/mol. The summed E-state index contributed by atoms with van der Waals surface area (Å²) in [4.78, 5) is 10.5. The number of para-hydroxylation sites is 1. The Balaban J connectivity index is 3.23. The van der Waals surface area contributed by atoms with E-state index in [1.165, 1.54) is 6.07 Å². The van der Waals surface area contributed by atoms with Crippen LogP contribution in [0.4, 0.5) is 5.69 Å². The fraction of sp³-hybridized carbons (Fsp3) is 0.500. The van der Waals surface area contributed by atoms with Crippen molar-refractivity contribution in [1.29, 1.82) is 0 Å². The molecule has 0 radical (unpaired) electrons. The normalized spacial score (nSPS) is 14.8. The molecule has 1 aromatic carbocycles. The number of nitrogens with zero attached hydrogens (tertiary/aromatic N) is 1. The van der Waals surface area contributed by atoms with Gasteiger partial charge in [-0.15, -0.1) is 0 Å². The Labute approximate surface area is 95.1 Å². The summed E-state index contributed by atoms with van der Waals surface area (Å²) in [5.74, 6) is -0.0531. The maximum atomic E-state index is 10.9. The van der Waals surface area contributed by atoms with E-state index in [2.05, 4.69) is 0 Å². The SMILES string of the molecule is CC(C)C(c1ccccc1[N+](=O)[O-])C(C)O. The Hall–Kier alpha value is -1.42. The van der Waals surface area contributed by atoms with E-state index in [9.17, 15) is 15.2 Å². The molecule has 0 aliphatic rings. The van der Waals surface area contributed by atoms with Crippen LogP contribution in [0.1, 0.15) is 32.3 Å². The molecular formula is C12H17NO3. The molecule has 88 valence electrons. The lowest BCUT2D eigenvalue weighted by molar-refractivity contribution is -0.385. The van der Waals surface area contributed by atoms with Gasteiger partial charge in [-0.1, -0.05) is 32.0 Å². The van der Waals surface area contributed by atoms with Crippen LogP contribution in [0.5, 0.6) is 0 Å². The summed E-state index contributed by atoms with van der Waals surface area (Å²) in [6.07, 6.45) is -0.596. The van der Waals surface area contributed by atoms with E-state index >= 15 is 0 Å². The van der Waals surface area contributed by atoms with Gasteiger partial charge in [0.1, 0.15) is 0 Å². The minimum Gasteiger partial charge on any atom is -0.393 e. The Morgan fingerprint density at radius 2 is 1.81 bits per heavy atom. The van der Waals surface area contributed by atoms with Crippen molar-refractivity contribution < 1.29 is 10.0 Å². The topological polar surface area (TPSA) is 63.4 Å². The monoisotopic (exact) mass is 223 g/mol. The second-order valence-corrected chi connectivity index (χ2v) is 4.33. The summed E-state index contributed by atoms with van der Waals surface area (Å²) >= 11 is 0. The first kappa shape index (κ1) is 12.6. The van der Waals surface area contributed by atoms with Crippen molar-refractivity contribution in [3.63, 3.8) is 0 Å². The number of aliphatic hydroxyl groups is 1. The molecule has 0 aromatic heterocycles. The number of rotatable bonds is 4. The molecule has 0 saturated heterocycles. The number of benzene rings is 1. The second kappa shape index (κ2) is 5.07. The molecule has 1 N–H and O–H groups in total. The van der Waals surface area contributed by atoms with Gasteiger partial charge in [-0.05, 0) is 12.8 Å². The molecule has 0 aliphatic heterocycles. The lowest BCUT2D eigenvalue weighted by atomic mass is 9.84. The lowest BCUT2D eigenvalue weighted by Gasteiger charge is -2.23. The Morgan fingerprint density at radius 3 is 2.25 bits per heavy atom. The van der Waals surface area contributed by atoms with Gasteiger partial charge in [0.15, 0.2) is 0 Å². The lowest BCUT2D eigenvalue weighted by Crippen LogP contribution is -2.21. The summed E-state index contributed by atoms with van der Waals surface area (Å²) in [5, 5.41) is 20.6. The molecule has 0 aliphatic carbocycles. The zero-order valence-corrected chi connectivity index (χ0v) is 9.75. The van der Waals surface area contributed by atoms with Crippen molar-refractivity contribution in [2.24, 2.45) is 5.92 Å².